The lowest BCUT2D eigenvalue weighted by molar-refractivity contribution is -0.118. The summed E-state index contributed by atoms with van der Waals surface area (Å²) in [4.78, 5) is 25.1. The van der Waals surface area contributed by atoms with Gasteiger partial charge in [0.2, 0.25) is 5.91 Å². The van der Waals surface area contributed by atoms with Crippen LogP contribution in [-0.4, -0.2) is 37.3 Å². The molecular formula is C26H24N4O3S. The van der Waals surface area contributed by atoms with Crippen LogP contribution >= 0.6 is 11.8 Å². The Morgan fingerprint density at radius 3 is 2.38 bits per heavy atom. The molecule has 1 heterocycles. The Kier molecular flexibility index (Phi) is 7.39. The second kappa shape index (κ2) is 10.8. The number of phenolic OH excluding ortho intramolecular Hbond substituents is 1. The van der Waals surface area contributed by atoms with Crippen LogP contribution in [-0.2, 0) is 24.8 Å². The van der Waals surface area contributed by atoms with E-state index >= 15 is 0 Å². The average molecular weight is 473 g/mol. The van der Waals surface area contributed by atoms with Gasteiger partial charge in [-0.15, -0.1) is 10.2 Å². The van der Waals surface area contributed by atoms with Crippen LogP contribution in [0.2, 0.25) is 0 Å². The van der Waals surface area contributed by atoms with E-state index in [1.165, 1.54) is 17.8 Å². The maximum Gasteiger partial charge on any atom is 0.230 e. The van der Waals surface area contributed by atoms with Crippen LogP contribution in [0.25, 0.3) is 0 Å². The molecule has 0 bridgehead atoms. The predicted molar refractivity (Wildman–Crippen MR) is 131 cm³/mol. The van der Waals surface area contributed by atoms with Gasteiger partial charge in [0.1, 0.15) is 11.6 Å². The molecule has 0 unspecified atom stereocenters. The van der Waals surface area contributed by atoms with Crippen molar-refractivity contribution in [3.63, 3.8) is 0 Å². The van der Waals surface area contributed by atoms with Crippen LogP contribution in [0.15, 0.2) is 84.0 Å². The first kappa shape index (κ1) is 23.3. The molecule has 0 fully saturated rings. The van der Waals surface area contributed by atoms with Gasteiger partial charge in [-0.05, 0) is 23.8 Å². The summed E-state index contributed by atoms with van der Waals surface area (Å²) in [6.45, 7) is 0.110. The fraction of sp³-hybridized carbons (Fsp3) is 0.154. The van der Waals surface area contributed by atoms with Crippen molar-refractivity contribution < 1.29 is 14.7 Å². The minimum atomic E-state index is -0.211. The Morgan fingerprint density at radius 1 is 0.941 bits per heavy atom. The number of rotatable bonds is 9. The summed E-state index contributed by atoms with van der Waals surface area (Å²) in [5, 5.41) is 22.1. The lowest BCUT2D eigenvalue weighted by Crippen LogP contribution is -2.25. The first-order chi connectivity index (χ1) is 16.5. The first-order valence-corrected chi connectivity index (χ1v) is 11.7. The number of nitrogens with one attached hydrogen (secondary N) is 1. The molecule has 0 saturated heterocycles. The van der Waals surface area contributed by atoms with Crippen molar-refractivity contribution in [1.82, 2.24) is 20.1 Å². The normalized spacial score (nSPS) is 10.7. The van der Waals surface area contributed by atoms with E-state index in [2.05, 4.69) is 15.5 Å². The highest BCUT2D eigenvalue weighted by Gasteiger charge is 2.14. The molecule has 1 amide bonds. The number of aromatic nitrogens is 3. The van der Waals surface area contributed by atoms with Gasteiger partial charge in [-0.2, -0.15) is 0 Å². The topological polar surface area (TPSA) is 97.1 Å². The second-order valence-electron chi connectivity index (χ2n) is 7.72. The highest BCUT2D eigenvalue weighted by atomic mass is 32.2. The maximum atomic E-state index is 12.7. The van der Waals surface area contributed by atoms with Gasteiger partial charge in [-0.25, -0.2) is 0 Å². The Balaban J connectivity index is 1.33. The summed E-state index contributed by atoms with van der Waals surface area (Å²) in [7, 11) is 1.88. The van der Waals surface area contributed by atoms with Crippen molar-refractivity contribution in [2.45, 2.75) is 18.1 Å². The lowest BCUT2D eigenvalue weighted by atomic mass is 10.0. The van der Waals surface area contributed by atoms with Crippen molar-refractivity contribution in [3.05, 3.63) is 107 Å². The molecule has 4 rings (SSSR count). The summed E-state index contributed by atoms with van der Waals surface area (Å²) in [5.41, 5.74) is 2.63. The van der Waals surface area contributed by atoms with Crippen molar-refractivity contribution >= 4 is 23.5 Å². The van der Waals surface area contributed by atoms with E-state index in [1.54, 1.807) is 36.4 Å². The van der Waals surface area contributed by atoms with Crippen LogP contribution < -0.4 is 5.32 Å². The number of hydrogen-bond donors (Lipinski definition) is 2. The number of carbonyl (C=O) groups is 2. The van der Waals surface area contributed by atoms with Gasteiger partial charge < -0.3 is 15.0 Å². The first-order valence-electron chi connectivity index (χ1n) is 10.7. The largest absolute Gasteiger partial charge is 0.508 e. The molecule has 4 aromatic rings. The number of thioether (sulfide) groups is 1. The van der Waals surface area contributed by atoms with E-state index in [1.807, 2.05) is 48.0 Å². The van der Waals surface area contributed by atoms with Crippen molar-refractivity contribution in [1.29, 1.82) is 0 Å². The fourth-order valence-electron chi connectivity index (χ4n) is 3.40. The van der Waals surface area contributed by atoms with E-state index in [0.717, 1.165) is 11.4 Å². The maximum absolute atomic E-state index is 12.7. The van der Waals surface area contributed by atoms with Gasteiger partial charge in [0.25, 0.3) is 0 Å². The van der Waals surface area contributed by atoms with E-state index < -0.39 is 0 Å². The molecule has 7 nitrogen and oxygen atoms in total. The molecular weight excluding hydrogens is 448 g/mol. The fourth-order valence-corrected chi connectivity index (χ4v) is 4.16. The summed E-state index contributed by atoms with van der Waals surface area (Å²) < 4.78 is 1.88. The molecule has 0 aliphatic rings. The van der Waals surface area contributed by atoms with E-state index in [4.69, 9.17) is 0 Å². The number of carbonyl (C=O) groups excluding carboxylic acids is 2. The zero-order chi connectivity index (χ0) is 23.9. The summed E-state index contributed by atoms with van der Waals surface area (Å²) in [5.74, 6) is 0.644. The van der Waals surface area contributed by atoms with Gasteiger partial charge in [-0.1, -0.05) is 72.4 Å². The zero-order valence-electron chi connectivity index (χ0n) is 18.6. The molecule has 0 saturated carbocycles. The molecule has 0 spiro atoms. The Bertz CT molecular complexity index is 1290. The third-order valence-electron chi connectivity index (χ3n) is 5.32. The van der Waals surface area contributed by atoms with E-state index in [-0.39, 0.29) is 29.7 Å². The smallest absolute Gasteiger partial charge is 0.230 e. The van der Waals surface area contributed by atoms with Crippen molar-refractivity contribution in [2.24, 2.45) is 7.05 Å². The average Bonchev–Trinajstić information content (AvgIpc) is 3.21. The molecule has 0 aliphatic heterocycles. The SMILES string of the molecule is Cn1c(Cc2ccccc2)nnc1SCC(=O)NCc1cc(C(=O)c2ccccc2)ccc1O. The number of amides is 1. The monoisotopic (exact) mass is 472 g/mol. The molecule has 8 heteroatoms. The van der Waals surface area contributed by atoms with Crippen LogP contribution in [0, 0.1) is 0 Å². The zero-order valence-corrected chi connectivity index (χ0v) is 19.5. The van der Waals surface area contributed by atoms with E-state index in [0.29, 0.717) is 28.3 Å². The number of nitrogens with zero attached hydrogens (tertiary/aromatic N) is 3. The number of ketones is 1. The molecule has 2 N–H and O–H groups in total. The van der Waals surface area contributed by atoms with Crippen molar-refractivity contribution in [2.75, 3.05) is 5.75 Å². The molecule has 34 heavy (non-hydrogen) atoms. The Labute approximate surface area is 201 Å². The van der Waals surface area contributed by atoms with Gasteiger partial charge in [-0.3, -0.25) is 9.59 Å². The van der Waals surface area contributed by atoms with Gasteiger partial charge in [0, 0.05) is 36.7 Å². The van der Waals surface area contributed by atoms with Crippen LogP contribution in [0.5, 0.6) is 5.75 Å². The standard InChI is InChI=1S/C26H24N4O3S/c1-30-23(14-18-8-4-2-5-9-18)28-29-26(30)34-17-24(32)27-16-21-15-20(12-13-22(21)31)25(33)19-10-6-3-7-11-19/h2-13,15,31H,14,16-17H2,1H3,(H,27,32). The molecule has 0 atom stereocenters. The van der Waals surface area contributed by atoms with E-state index in [9.17, 15) is 14.7 Å². The molecule has 0 aliphatic carbocycles. The number of aromatic hydroxyl groups is 1. The second-order valence-corrected chi connectivity index (χ2v) is 8.67. The summed E-state index contributed by atoms with van der Waals surface area (Å²) in [6, 6.07) is 23.6. The Hall–Kier alpha value is -3.91. The van der Waals surface area contributed by atoms with Crippen LogP contribution in [0.3, 0.4) is 0 Å². The van der Waals surface area contributed by atoms with Crippen LogP contribution in [0.4, 0.5) is 0 Å². The number of hydrogen-bond acceptors (Lipinski definition) is 6. The molecule has 172 valence electrons. The van der Waals surface area contributed by atoms with Crippen LogP contribution in [0.1, 0.15) is 32.9 Å². The predicted octanol–water partition coefficient (Wildman–Crippen LogP) is 3.75. The quantitative estimate of drug-likeness (QED) is 0.284. The molecule has 3 aromatic carbocycles. The van der Waals surface area contributed by atoms with Gasteiger partial charge in [0.05, 0.1) is 5.75 Å². The van der Waals surface area contributed by atoms with Gasteiger partial charge in [0.15, 0.2) is 10.9 Å². The lowest BCUT2D eigenvalue weighted by Gasteiger charge is -2.09. The minimum Gasteiger partial charge on any atom is -0.508 e. The summed E-state index contributed by atoms with van der Waals surface area (Å²) in [6.07, 6.45) is 0.661. The Morgan fingerprint density at radius 2 is 1.65 bits per heavy atom. The highest BCUT2D eigenvalue weighted by Crippen LogP contribution is 2.21. The highest BCUT2D eigenvalue weighted by molar-refractivity contribution is 7.99. The molecule has 1 aromatic heterocycles. The molecule has 0 radical (unpaired) electrons. The third-order valence-corrected chi connectivity index (χ3v) is 6.34. The minimum absolute atomic E-state index is 0.0245. The number of benzene rings is 3. The third kappa shape index (κ3) is 5.71. The number of phenols is 1. The van der Waals surface area contributed by atoms with Crippen molar-refractivity contribution in [3.8, 4) is 5.75 Å². The van der Waals surface area contributed by atoms with Gasteiger partial charge >= 0.3 is 0 Å². The summed E-state index contributed by atoms with van der Waals surface area (Å²) >= 11 is 1.29.